The van der Waals surface area contributed by atoms with Gasteiger partial charge in [0.1, 0.15) is 12.0 Å². The first-order chi connectivity index (χ1) is 13.3. The number of hydrogen-bond donors (Lipinski definition) is 0. The lowest BCUT2D eigenvalue weighted by atomic mass is 10.0. The Morgan fingerprint density at radius 1 is 0.852 bits per heavy atom. The summed E-state index contributed by atoms with van der Waals surface area (Å²) < 4.78 is 5.32. The second-order valence-corrected chi connectivity index (χ2v) is 6.61. The molecule has 0 saturated heterocycles. The lowest BCUT2D eigenvalue weighted by Crippen LogP contribution is -2.25. The number of carbonyl (C=O) groups excluding carboxylic acids is 1. The van der Waals surface area contributed by atoms with Crippen molar-refractivity contribution in [3.05, 3.63) is 101 Å². The van der Waals surface area contributed by atoms with Crippen molar-refractivity contribution in [3.63, 3.8) is 0 Å². The molecule has 3 rings (SSSR count). The van der Waals surface area contributed by atoms with Gasteiger partial charge in [-0.2, -0.15) is 0 Å². The first-order valence-electron chi connectivity index (χ1n) is 9.21. The van der Waals surface area contributed by atoms with Crippen LogP contribution in [0.4, 0.5) is 0 Å². The van der Waals surface area contributed by atoms with Gasteiger partial charge in [0.05, 0.1) is 7.11 Å². The maximum atomic E-state index is 11.4. The molecule has 27 heavy (non-hydrogen) atoms. The highest BCUT2D eigenvalue weighted by Gasteiger charge is 2.10. The summed E-state index contributed by atoms with van der Waals surface area (Å²) in [5.74, 6) is 0.785. The van der Waals surface area contributed by atoms with Crippen molar-refractivity contribution < 1.29 is 9.53 Å². The minimum absolute atomic E-state index is 0.732. The molecular formula is C24H25NO2. The van der Waals surface area contributed by atoms with Gasteiger partial charge in [-0.25, -0.2) is 0 Å². The van der Waals surface area contributed by atoms with Crippen LogP contribution in [0.5, 0.6) is 5.75 Å². The Bertz CT molecular complexity index is 805. The molecule has 3 heteroatoms. The summed E-state index contributed by atoms with van der Waals surface area (Å²) in [7, 11) is 1.65. The van der Waals surface area contributed by atoms with Gasteiger partial charge in [0, 0.05) is 25.2 Å². The van der Waals surface area contributed by atoms with Crippen LogP contribution in [0.2, 0.25) is 0 Å². The highest BCUT2D eigenvalue weighted by atomic mass is 16.5. The molecule has 138 valence electrons. The molecule has 3 nitrogen and oxygen atoms in total. The van der Waals surface area contributed by atoms with E-state index in [1.54, 1.807) is 7.11 Å². The number of rotatable bonds is 9. The second kappa shape index (κ2) is 9.70. The molecule has 0 aliphatic heterocycles. The molecule has 3 aromatic rings. The zero-order valence-corrected chi connectivity index (χ0v) is 15.7. The monoisotopic (exact) mass is 359 g/mol. The summed E-state index contributed by atoms with van der Waals surface area (Å²) in [5, 5.41) is 0. The average Bonchev–Trinajstić information content (AvgIpc) is 2.73. The summed E-state index contributed by atoms with van der Waals surface area (Å²) >= 11 is 0. The molecule has 0 aliphatic rings. The molecule has 0 spiro atoms. The SMILES string of the molecule is COc1ccc(C=O)c(CCN(Cc2ccccc2)Cc2ccccc2)c1. The summed E-state index contributed by atoms with van der Waals surface area (Å²) in [4.78, 5) is 13.8. The Morgan fingerprint density at radius 3 is 1.96 bits per heavy atom. The van der Waals surface area contributed by atoms with E-state index in [1.165, 1.54) is 11.1 Å². The highest BCUT2D eigenvalue weighted by Crippen LogP contribution is 2.18. The average molecular weight is 359 g/mol. The molecule has 0 saturated carbocycles. The van der Waals surface area contributed by atoms with Crippen LogP contribution >= 0.6 is 0 Å². The number of hydrogen-bond acceptors (Lipinski definition) is 3. The fourth-order valence-electron chi connectivity index (χ4n) is 3.22. The summed E-state index contributed by atoms with van der Waals surface area (Å²) in [6.45, 7) is 2.60. The zero-order valence-electron chi connectivity index (χ0n) is 15.7. The van der Waals surface area contributed by atoms with Gasteiger partial charge in [-0.1, -0.05) is 60.7 Å². The van der Waals surface area contributed by atoms with Crippen molar-refractivity contribution in [2.24, 2.45) is 0 Å². The van der Waals surface area contributed by atoms with Gasteiger partial charge in [-0.3, -0.25) is 9.69 Å². The third-order valence-electron chi connectivity index (χ3n) is 4.67. The predicted molar refractivity (Wildman–Crippen MR) is 109 cm³/mol. The maximum absolute atomic E-state index is 11.4. The van der Waals surface area contributed by atoms with Crippen molar-refractivity contribution in [3.8, 4) is 5.75 Å². The molecule has 0 amide bonds. The third kappa shape index (κ3) is 5.53. The topological polar surface area (TPSA) is 29.5 Å². The van der Waals surface area contributed by atoms with E-state index in [0.29, 0.717) is 0 Å². The number of aldehydes is 1. The minimum atomic E-state index is 0.732. The van der Waals surface area contributed by atoms with E-state index < -0.39 is 0 Å². The van der Waals surface area contributed by atoms with E-state index in [0.717, 1.165) is 49.2 Å². The fraction of sp³-hybridized carbons (Fsp3) is 0.208. The quantitative estimate of drug-likeness (QED) is 0.516. The Kier molecular flexibility index (Phi) is 6.78. The van der Waals surface area contributed by atoms with Crippen LogP contribution in [0.25, 0.3) is 0 Å². The molecule has 0 atom stereocenters. The lowest BCUT2D eigenvalue weighted by molar-refractivity contribution is 0.112. The first kappa shape index (κ1) is 18.9. The van der Waals surface area contributed by atoms with Crippen LogP contribution in [0.15, 0.2) is 78.9 Å². The van der Waals surface area contributed by atoms with E-state index in [2.05, 4.69) is 53.4 Å². The van der Waals surface area contributed by atoms with Crippen molar-refractivity contribution in [2.45, 2.75) is 19.5 Å². The molecule has 0 N–H and O–H groups in total. The van der Waals surface area contributed by atoms with Gasteiger partial charge in [-0.05, 0) is 41.3 Å². The first-order valence-corrected chi connectivity index (χ1v) is 9.21. The minimum Gasteiger partial charge on any atom is -0.497 e. The number of nitrogens with zero attached hydrogens (tertiary/aromatic N) is 1. The van der Waals surface area contributed by atoms with Crippen LogP contribution in [0, 0.1) is 0 Å². The van der Waals surface area contributed by atoms with E-state index in [9.17, 15) is 4.79 Å². The molecule has 0 aliphatic carbocycles. The van der Waals surface area contributed by atoms with Gasteiger partial charge in [-0.15, -0.1) is 0 Å². The molecule has 3 aromatic carbocycles. The van der Waals surface area contributed by atoms with Crippen molar-refractivity contribution in [1.29, 1.82) is 0 Å². The third-order valence-corrected chi connectivity index (χ3v) is 4.67. The van der Waals surface area contributed by atoms with Gasteiger partial charge in [0.2, 0.25) is 0 Å². The molecule has 0 fully saturated rings. The van der Waals surface area contributed by atoms with Crippen LogP contribution in [0.1, 0.15) is 27.0 Å². The largest absolute Gasteiger partial charge is 0.497 e. The van der Waals surface area contributed by atoms with Crippen LogP contribution in [0.3, 0.4) is 0 Å². The normalized spacial score (nSPS) is 10.7. The van der Waals surface area contributed by atoms with Crippen LogP contribution < -0.4 is 4.74 Å². The van der Waals surface area contributed by atoms with E-state index >= 15 is 0 Å². The van der Waals surface area contributed by atoms with Gasteiger partial charge < -0.3 is 4.74 Å². The standard InChI is InChI=1S/C24H25NO2/c1-27-24-13-12-23(19-26)22(16-24)14-15-25(17-20-8-4-2-5-9-20)18-21-10-6-3-7-11-21/h2-13,16,19H,14-15,17-18H2,1H3. The molecule has 0 radical (unpaired) electrons. The number of ether oxygens (including phenoxy) is 1. The van der Waals surface area contributed by atoms with E-state index in [1.807, 2.05) is 30.3 Å². The number of benzene rings is 3. The van der Waals surface area contributed by atoms with E-state index in [-0.39, 0.29) is 0 Å². The Balaban J connectivity index is 1.75. The fourth-order valence-corrected chi connectivity index (χ4v) is 3.22. The van der Waals surface area contributed by atoms with Crippen LogP contribution in [-0.4, -0.2) is 24.8 Å². The Morgan fingerprint density at radius 2 is 1.44 bits per heavy atom. The highest BCUT2D eigenvalue weighted by molar-refractivity contribution is 5.77. The van der Waals surface area contributed by atoms with E-state index in [4.69, 9.17) is 4.74 Å². The molecule has 0 unspecified atom stereocenters. The summed E-state index contributed by atoms with van der Waals surface area (Å²) in [6.07, 6.45) is 1.72. The second-order valence-electron chi connectivity index (χ2n) is 6.61. The van der Waals surface area contributed by atoms with Gasteiger partial charge in [0.25, 0.3) is 0 Å². The van der Waals surface area contributed by atoms with Crippen molar-refractivity contribution in [1.82, 2.24) is 4.90 Å². The summed E-state index contributed by atoms with van der Waals surface area (Å²) in [5.41, 5.74) is 4.33. The van der Waals surface area contributed by atoms with Crippen molar-refractivity contribution in [2.75, 3.05) is 13.7 Å². The Hall–Kier alpha value is -2.91. The number of methoxy groups -OCH3 is 1. The van der Waals surface area contributed by atoms with Crippen LogP contribution in [-0.2, 0) is 19.5 Å². The molecule has 0 bridgehead atoms. The lowest BCUT2D eigenvalue weighted by Gasteiger charge is -2.23. The predicted octanol–water partition coefficient (Wildman–Crippen LogP) is 4.75. The Labute approximate surface area is 161 Å². The van der Waals surface area contributed by atoms with Crippen molar-refractivity contribution >= 4 is 6.29 Å². The van der Waals surface area contributed by atoms with Gasteiger partial charge >= 0.3 is 0 Å². The zero-order chi connectivity index (χ0) is 18.9. The molecule has 0 heterocycles. The molecule has 0 aromatic heterocycles. The smallest absolute Gasteiger partial charge is 0.150 e. The molecular weight excluding hydrogens is 334 g/mol. The summed E-state index contributed by atoms with van der Waals surface area (Å²) in [6, 6.07) is 26.6. The maximum Gasteiger partial charge on any atom is 0.150 e. The number of carbonyl (C=O) groups is 1. The van der Waals surface area contributed by atoms with Gasteiger partial charge in [0.15, 0.2) is 0 Å².